The molecule has 1 aromatic heterocycles. The molecule has 9 nitrogen and oxygen atoms in total. The number of anilines is 1. The van der Waals surface area contributed by atoms with E-state index in [1.165, 1.54) is 0 Å². The number of amides is 3. The van der Waals surface area contributed by atoms with Gasteiger partial charge < -0.3 is 25.0 Å². The Kier molecular flexibility index (Phi) is 6.01. The number of rotatable bonds is 7. The van der Waals surface area contributed by atoms with Crippen molar-refractivity contribution in [3.8, 4) is 11.5 Å². The number of aryl methyl sites for hydroxylation is 2. The second-order valence-corrected chi connectivity index (χ2v) is 8.01. The van der Waals surface area contributed by atoms with Crippen LogP contribution in [-0.2, 0) is 31.2 Å². The number of hydrogen-bond donors (Lipinski definition) is 2. The summed E-state index contributed by atoms with van der Waals surface area (Å²) >= 11 is 0. The standard InChI is InChI=1S/C22H29N5O4/c1-26-18-10-11-27(22(29)24-15-6-8-19(30-2)20(12-15)31-3)13-16(18)17(25-26)7-9-21(28)23-14-4-5-14/h6,8,12,14H,4-5,7,9-11,13H2,1-3H3,(H,23,28)(H,24,29). The number of benzene rings is 1. The summed E-state index contributed by atoms with van der Waals surface area (Å²) in [6.07, 6.45) is 3.88. The Morgan fingerprint density at radius 3 is 2.68 bits per heavy atom. The van der Waals surface area contributed by atoms with E-state index in [1.807, 2.05) is 11.7 Å². The summed E-state index contributed by atoms with van der Waals surface area (Å²) in [4.78, 5) is 26.7. The van der Waals surface area contributed by atoms with Gasteiger partial charge in [0.25, 0.3) is 0 Å². The normalized spacial score (nSPS) is 15.3. The molecule has 31 heavy (non-hydrogen) atoms. The molecule has 1 aliphatic carbocycles. The van der Waals surface area contributed by atoms with E-state index < -0.39 is 0 Å². The molecular weight excluding hydrogens is 398 g/mol. The number of ether oxygens (including phenoxy) is 2. The molecule has 0 saturated heterocycles. The van der Waals surface area contributed by atoms with Gasteiger partial charge in [0.15, 0.2) is 11.5 Å². The molecule has 2 aliphatic rings. The summed E-state index contributed by atoms with van der Waals surface area (Å²) in [5, 5.41) is 10.6. The van der Waals surface area contributed by atoms with Gasteiger partial charge in [-0.05, 0) is 25.0 Å². The highest BCUT2D eigenvalue weighted by Gasteiger charge is 2.28. The molecule has 1 saturated carbocycles. The van der Waals surface area contributed by atoms with Crippen LogP contribution in [0.5, 0.6) is 11.5 Å². The first-order chi connectivity index (χ1) is 15.0. The van der Waals surface area contributed by atoms with Crippen molar-refractivity contribution in [2.24, 2.45) is 7.05 Å². The molecular formula is C22H29N5O4. The minimum atomic E-state index is -0.181. The average molecular weight is 428 g/mol. The molecule has 0 atom stereocenters. The van der Waals surface area contributed by atoms with Crippen molar-refractivity contribution >= 4 is 17.6 Å². The van der Waals surface area contributed by atoms with E-state index in [-0.39, 0.29) is 11.9 Å². The molecule has 0 spiro atoms. The summed E-state index contributed by atoms with van der Waals surface area (Å²) in [6.45, 7) is 1.08. The SMILES string of the molecule is COc1ccc(NC(=O)N2CCc3c(c(CCC(=O)NC4CC4)nn3C)C2)cc1OC. The Hall–Kier alpha value is -3.23. The Morgan fingerprint density at radius 1 is 1.19 bits per heavy atom. The lowest BCUT2D eigenvalue weighted by Gasteiger charge is -2.28. The van der Waals surface area contributed by atoms with Crippen molar-refractivity contribution in [3.63, 3.8) is 0 Å². The molecule has 2 aromatic rings. The summed E-state index contributed by atoms with van der Waals surface area (Å²) in [7, 11) is 5.05. The van der Waals surface area contributed by atoms with Crippen LogP contribution >= 0.6 is 0 Å². The second-order valence-electron chi connectivity index (χ2n) is 8.01. The molecule has 1 aromatic carbocycles. The third-order valence-electron chi connectivity index (χ3n) is 5.78. The number of aromatic nitrogens is 2. The van der Waals surface area contributed by atoms with Gasteiger partial charge in [0.2, 0.25) is 5.91 Å². The Balaban J connectivity index is 1.41. The molecule has 166 valence electrons. The zero-order valence-electron chi connectivity index (χ0n) is 18.2. The number of carbonyl (C=O) groups is 2. The van der Waals surface area contributed by atoms with Crippen LogP contribution in [0.4, 0.5) is 10.5 Å². The summed E-state index contributed by atoms with van der Waals surface area (Å²) in [6, 6.07) is 5.46. The van der Waals surface area contributed by atoms with Crippen LogP contribution in [-0.4, -0.2) is 53.4 Å². The van der Waals surface area contributed by atoms with Crippen molar-refractivity contribution in [3.05, 3.63) is 35.2 Å². The number of fused-ring (bicyclic) bond motifs is 1. The lowest BCUT2D eigenvalue weighted by molar-refractivity contribution is -0.121. The van der Waals surface area contributed by atoms with Gasteiger partial charge in [-0.3, -0.25) is 9.48 Å². The number of hydrogen-bond acceptors (Lipinski definition) is 5. The zero-order chi connectivity index (χ0) is 22.0. The van der Waals surface area contributed by atoms with Crippen LogP contribution in [0.2, 0.25) is 0 Å². The number of methoxy groups -OCH3 is 2. The van der Waals surface area contributed by atoms with Crippen LogP contribution in [0.1, 0.15) is 36.2 Å². The third kappa shape index (κ3) is 4.76. The van der Waals surface area contributed by atoms with E-state index in [0.29, 0.717) is 49.2 Å². The Bertz CT molecular complexity index is 983. The lowest BCUT2D eigenvalue weighted by Crippen LogP contribution is -2.39. The quantitative estimate of drug-likeness (QED) is 0.706. The minimum absolute atomic E-state index is 0.0702. The van der Waals surface area contributed by atoms with E-state index in [4.69, 9.17) is 9.47 Å². The van der Waals surface area contributed by atoms with Crippen molar-refractivity contribution in [2.45, 2.75) is 44.7 Å². The van der Waals surface area contributed by atoms with E-state index in [2.05, 4.69) is 15.7 Å². The van der Waals surface area contributed by atoms with Crippen LogP contribution in [0.3, 0.4) is 0 Å². The maximum atomic E-state index is 12.9. The van der Waals surface area contributed by atoms with Crippen molar-refractivity contribution < 1.29 is 19.1 Å². The average Bonchev–Trinajstić information content (AvgIpc) is 3.53. The molecule has 0 radical (unpaired) electrons. The third-order valence-corrected chi connectivity index (χ3v) is 5.78. The topological polar surface area (TPSA) is 97.7 Å². The number of nitrogens with zero attached hydrogens (tertiary/aromatic N) is 3. The van der Waals surface area contributed by atoms with Gasteiger partial charge in [0.05, 0.1) is 26.5 Å². The molecule has 2 heterocycles. The number of nitrogens with one attached hydrogen (secondary N) is 2. The van der Waals surface area contributed by atoms with Gasteiger partial charge in [-0.15, -0.1) is 0 Å². The van der Waals surface area contributed by atoms with E-state index in [0.717, 1.165) is 36.2 Å². The molecule has 2 N–H and O–H groups in total. The maximum Gasteiger partial charge on any atom is 0.322 e. The smallest absolute Gasteiger partial charge is 0.322 e. The van der Waals surface area contributed by atoms with Crippen LogP contribution in [0, 0.1) is 0 Å². The monoisotopic (exact) mass is 427 g/mol. The molecule has 0 unspecified atom stereocenters. The predicted molar refractivity (Wildman–Crippen MR) is 115 cm³/mol. The van der Waals surface area contributed by atoms with Crippen LogP contribution in [0.25, 0.3) is 0 Å². The minimum Gasteiger partial charge on any atom is -0.493 e. The van der Waals surface area contributed by atoms with Crippen molar-refractivity contribution in [2.75, 3.05) is 26.1 Å². The van der Waals surface area contributed by atoms with Crippen molar-refractivity contribution in [1.29, 1.82) is 0 Å². The molecule has 1 fully saturated rings. The van der Waals surface area contributed by atoms with Gasteiger partial charge >= 0.3 is 6.03 Å². The molecule has 1 aliphatic heterocycles. The van der Waals surface area contributed by atoms with Gasteiger partial charge in [-0.1, -0.05) is 0 Å². The first-order valence-electron chi connectivity index (χ1n) is 10.6. The highest BCUT2D eigenvalue weighted by atomic mass is 16.5. The fraction of sp³-hybridized carbons (Fsp3) is 0.500. The summed E-state index contributed by atoms with van der Waals surface area (Å²) in [5.41, 5.74) is 3.71. The van der Waals surface area contributed by atoms with Crippen LogP contribution in [0.15, 0.2) is 18.2 Å². The number of carbonyl (C=O) groups excluding carboxylic acids is 2. The fourth-order valence-electron chi connectivity index (χ4n) is 3.92. The highest BCUT2D eigenvalue weighted by molar-refractivity contribution is 5.90. The summed E-state index contributed by atoms with van der Waals surface area (Å²) in [5.74, 6) is 1.23. The van der Waals surface area contributed by atoms with Gasteiger partial charge in [0, 0.05) is 61.9 Å². The lowest BCUT2D eigenvalue weighted by atomic mass is 10.0. The molecule has 4 rings (SSSR count). The molecule has 0 bridgehead atoms. The van der Waals surface area contributed by atoms with E-state index in [1.54, 1.807) is 37.3 Å². The van der Waals surface area contributed by atoms with Gasteiger partial charge in [-0.25, -0.2) is 4.79 Å². The Morgan fingerprint density at radius 2 is 1.97 bits per heavy atom. The van der Waals surface area contributed by atoms with E-state index >= 15 is 0 Å². The largest absolute Gasteiger partial charge is 0.493 e. The zero-order valence-corrected chi connectivity index (χ0v) is 18.2. The van der Waals surface area contributed by atoms with Crippen molar-refractivity contribution in [1.82, 2.24) is 20.0 Å². The maximum absolute atomic E-state index is 12.9. The van der Waals surface area contributed by atoms with Gasteiger partial charge in [-0.2, -0.15) is 5.10 Å². The predicted octanol–water partition coefficient (Wildman–Crippen LogP) is 2.24. The first-order valence-corrected chi connectivity index (χ1v) is 10.6. The van der Waals surface area contributed by atoms with E-state index in [9.17, 15) is 9.59 Å². The van der Waals surface area contributed by atoms with Gasteiger partial charge in [0.1, 0.15) is 0 Å². The number of urea groups is 1. The fourth-order valence-corrected chi connectivity index (χ4v) is 3.92. The highest BCUT2D eigenvalue weighted by Crippen LogP contribution is 2.30. The Labute approximate surface area is 181 Å². The van der Waals surface area contributed by atoms with Crippen LogP contribution < -0.4 is 20.1 Å². The first kappa shape index (κ1) is 21.0. The molecule has 9 heteroatoms. The molecule has 3 amide bonds. The summed E-state index contributed by atoms with van der Waals surface area (Å²) < 4.78 is 12.4. The second kappa shape index (κ2) is 8.87.